The maximum Gasteiger partial charge on any atom is 0.241 e. The van der Waals surface area contributed by atoms with E-state index in [-0.39, 0.29) is 11.4 Å². The molecule has 138 valence electrons. The van der Waals surface area contributed by atoms with E-state index in [9.17, 15) is 8.42 Å². The third-order valence-corrected chi connectivity index (χ3v) is 5.75. The van der Waals surface area contributed by atoms with Crippen molar-refractivity contribution < 1.29 is 12.8 Å². The maximum absolute atomic E-state index is 12.9. The molecule has 1 N–H and O–H groups in total. The van der Waals surface area contributed by atoms with E-state index in [0.29, 0.717) is 34.1 Å². The minimum atomic E-state index is -3.74. The topological polar surface area (TPSA) is 102 Å². The van der Waals surface area contributed by atoms with Crippen LogP contribution in [0.25, 0.3) is 17.0 Å². The fraction of sp³-hybridized carbons (Fsp3) is 0.167. The molecule has 0 bridgehead atoms. The van der Waals surface area contributed by atoms with Gasteiger partial charge in [-0.05, 0) is 30.7 Å². The number of pyridine rings is 1. The van der Waals surface area contributed by atoms with Gasteiger partial charge in [0.25, 0.3) is 0 Å². The first-order valence-electron chi connectivity index (χ1n) is 8.25. The smallest absolute Gasteiger partial charge is 0.241 e. The summed E-state index contributed by atoms with van der Waals surface area (Å²) in [5, 5.41) is 4.12. The van der Waals surface area contributed by atoms with E-state index < -0.39 is 10.0 Å². The van der Waals surface area contributed by atoms with Crippen LogP contribution in [0.1, 0.15) is 17.1 Å². The van der Waals surface area contributed by atoms with Gasteiger partial charge in [-0.1, -0.05) is 18.2 Å². The van der Waals surface area contributed by atoms with Gasteiger partial charge in [0.15, 0.2) is 17.3 Å². The van der Waals surface area contributed by atoms with Crippen molar-refractivity contribution in [3.63, 3.8) is 0 Å². The van der Waals surface area contributed by atoms with E-state index >= 15 is 0 Å². The second-order valence-corrected chi connectivity index (χ2v) is 7.83. The third-order valence-electron chi connectivity index (χ3n) is 4.21. The summed E-state index contributed by atoms with van der Waals surface area (Å²) < 4.78 is 35.5. The van der Waals surface area contributed by atoms with E-state index in [1.54, 1.807) is 48.8 Å². The van der Waals surface area contributed by atoms with Crippen LogP contribution in [0.3, 0.4) is 0 Å². The Bertz CT molecular complexity index is 1230. The summed E-state index contributed by atoms with van der Waals surface area (Å²) in [6.45, 7) is 3.58. The molecule has 27 heavy (non-hydrogen) atoms. The Labute approximate surface area is 155 Å². The lowest BCUT2D eigenvalue weighted by Gasteiger charge is -2.11. The first-order chi connectivity index (χ1) is 12.9. The summed E-state index contributed by atoms with van der Waals surface area (Å²) in [6.07, 6.45) is 3.01. The van der Waals surface area contributed by atoms with Crippen LogP contribution >= 0.6 is 0 Å². The van der Waals surface area contributed by atoms with Crippen molar-refractivity contribution in [3.8, 4) is 11.3 Å². The normalized spacial score (nSPS) is 11.9. The molecular weight excluding hydrogens is 366 g/mol. The number of nitrogens with zero attached hydrogens (tertiary/aromatic N) is 4. The number of rotatable bonds is 5. The maximum atomic E-state index is 12.9. The van der Waals surface area contributed by atoms with Gasteiger partial charge < -0.3 is 4.42 Å². The average molecular weight is 383 g/mol. The number of aryl methyl sites for hydroxylation is 2. The zero-order chi connectivity index (χ0) is 19.0. The number of hydrogen-bond donors (Lipinski definition) is 1. The van der Waals surface area contributed by atoms with Gasteiger partial charge in [0, 0.05) is 12.5 Å². The Morgan fingerprint density at radius 1 is 1.15 bits per heavy atom. The number of aromatic nitrogens is 4. The van der Waals surface area contributed by atoms with Crippen molar-refractivity contribution in [1.82, 2.24) is 24.3 Å². The van der Waals surface area contributed by atoms with E-state index in [1.165, 1.54) is 6.33 Å². The number of fused-ring (bicyclic) bond motifs is 1. The molecule has 0 aliphatic heterocycles. The van der Waals surface area contributed by atoms with Crippen molar-refractivity contribution in [1.29, 1.82) is 0 Å². The van der Waals surface area contributed by atoms with Crippen molar-refractivity contribution >= 4 is 15.7 Å². The van der Waals surface area contributed by atoms with E-state index in [4.69, 9.17) is 4.42 Å². The highest BCUT2D eigenvalue weighted by Crippen LogP contribution is 2.25. The highest BCUT2D eigenvalue weighted by molar-refractivity contribution is 7.89. The van der Waals surface area contributed by atoms with Gasteiger partial charge in [0.1, 0.15) is 6.33 Å². The molecule has 0 atom stereocenters. The molecule has 3 heterocycles. The van der Waals surface area contributed by atoms with E-state index in [0.717, 1.165) is 0 Å². The van der Waals surface area contributed by atoms with Gasteiger partial charge in [-0.15, -0.1) is 0 Å². The van der Waals surface area contributed by atoms with Crippen LogP contribution in [0.2, 0.25) is 0 Å². The summed E-state index contributed by atoms with van der Waals surface area (Å²) in [4.78, 5) is 8.36. The molecule has 1 aromatic carbocycles. The molecule has 0 amide bonds. The van der Waals surface area contributed by atoms with Crippen LogP contribution in [-0.4, -0.2) is 28.0 Å². The van der Waals surface area contributed by atoms with E-state index in [1.807, 2.05) is 12.1 Å². The molecule has 8 nitrogen and oxygen atoms in total. The molecule has 9 heteroatoms. The summed E-state index contributed by atoms with van der Waals surface area (Å²) in [5.74, 6) is 1.05. The number of benzene rings is 1. The second-order valence-electron chi connectivity index (χ2n) is 6.10. The predicted octanol–water partition coefficient (Wildman–Crippen LogP) is 2.48. The lowest BCUT2D eigenvalue weighted by molar-refractivity contribution is 0.534. The molecule has 4 aromatic rings. The first kappa shape index (κ1) is 17.4. The summed E-state index contributed by atoms with van der Waals surface area (Å²) in [6, 6.07) is 10.6. The largest absolute Gasteiger partial charge is 0.441 e. The molecular formula is C18H17N5O3S. The number of oxazole rings is 1. The highest BCUT2D eigenvalue weighted by Gasteiger charge is 2.19. The molecule has 0 spiro atoms. The van der Waals surface area contributed by atoms with Gasteiger partial charge in [0.2, 0.25) is 10.0 Å². The number of hydrogen-bond acceptors (Lipinski definition) is 6. The summed E-state index contributed by atoms with van der Waals surface area (Å²) >= 11 is 0. The highest BCUT2D eigenvalue weighted by atomic mass is 32.2. The third kappa shape index (κ3) is 3.34. The molecule has 0 saturated carbocycles. The van der Waals surface area contributed by atoms with Crippen LogP contribution in [0.5, 0.6) is 0 Å². The minimum Gasteiger partial charge on any atom is -0.441 e. The van der Waals surface area contributed by atoms with Gasteiger partial charge >= 0.3 is 0 Å². The lowest BCUT2D eigenvalue weighted by Crippen LogP contribution is -2.25. The number of sulfonamides is 1. The van der Waals surface area contributed by atoms with Crippen molar-refractivity contribution in [3.05, 3.63) is 66.1 Å². The van der Waals surface area contributed by atoms with Crippen molar-refractivity contribution in [2.45, 2.75) is 25.3 Å². The fourth-order valence-electron chi connectivity index (χ4n) is 2.82. The van der Waals surface area contributed by atoms with Crippen LogP contribution in [0, 0.1) is 13.8 Å². The Kier molecular flexibility index (Phi) is 4.25. The SMILES string of the molecule is Cc1ncc(-c2ccc(C)c(S(=O)(=O)NCc3cccc4ncnn34)c2)o1. The molecule has 0 unspecified atom stereocenters. The van der Waals surface area contributed by atoms with E-state index in [2.05, 4.69) is 19.8 Å². The second kappa shape index (κ2) is 6.60. The summed E-state index contributed by atoms with van der Waals surface area (Å²) in [7, 11) is -3.74. The monoisotopic (exact) mass is 383 g/mol. The molecule has 0 fully saturated rings. The Morgan fingerprint density at radius 3 is 2.78 bits per heavy atom. The van der Waals surface area contributed by atoms with Crippen LogP contribution in [-0.2, 0) is 16.6 Å². The van der Waals surface area contributed by atoms with Gasteiger partial charge in [-0.25, -0.2) is 27.6 Å². The molecule has 3 aromatic heterocycles. The molecule has 0 aliphatic carbocycles. The zero-order valence-electron chi connectivity index (χ0n) is 14.7. The van der Waals surface area contributed by atoms with Crippen molar-refractivity contribution in [2.75, 3.05) is 0 Å². The summed E-state index contributed by atoms with van der Waals surface area (Å²) in [5.41, 5.74) is 2.64. The zero-order valence-corrected chi connectivity index (χ0v) is 15.6. The lowest BCUT2D eigenvalue weighted by atomic mass is 10.1. The fourth-order valence-corrected chi connectivity index (χ4v) is 4.09. The number of nitrogens with one attached hydrogen (secondary N) is 1. The van der Waals surface area contributed by atoms with Gasteiger partial charge in [-0.3, -0.25) is 0 Å². The van der Waals surface area contributed by atoms with Crippen LogP contribution < -0.4 is 4.72 Å². The Morgan fingerprint density at radius 2 is 2.00 bits per heavy atom. The van der Waals surface area contributed by atoms with Crippen LogP contribution in [0.4, 0.5) is 0 Å². The average Bonchev–Trinajstić information content (AvgIpc) is 3.29. The molecule has 0 radical (unpaired) electrons. The molecule has 4 rings (SSSR count). The Hall–Kier alpha value is -3.04. The molecule has 0 aliphatic rings. The standard InChI is InChI=1S/C18H17N5O3S/c1-12-6-7-14(16-10-19-13(2)26-16)8-17(12)27(24,25)22-9-15-4-3-5-18-20-11-21-23(15)18/h3-8,10-11,22H,9H2,1-2H3. The van der Waals surface area contributed by atoms with Gasteiger partial charge in [-0.2, -0.15) is 5.10 Å². The Balaban J connectivity index is 1.64. The quantitative estimate of drug-likeness (QED) is 0.568. The van der Waals surface area contributed by atoms with Gasteiger partial charge in [0.05, 0.1) is 23.3 Å². The van der Waals surface area contributed by atoms with Crippen molar-refractivity contribution in [2.24, 2.45) is 0 Å². The van der Waals surface area contributed by atoms with Crippen LogP contribution in [0.15, 0.2) is 58.2 Å². The first-order valence-corrected chi connectivity index (χ1v) is 9.73. The predicted molar refractivity (Wildman–Crippen MR) is 98.4 cm³/mol. The molecule has 0 saturated heterocycles. The minimum absolute atomic E-state index is 0.0914.